The molecule has 2 aromatic heterocycles. The molecular formula is C18H20N4O3S. The third-order valence-corrected chi connectivity index (χ3v) is 5.60. The van der Waals surface area contributed by atoms with E-state index in [1.165, 1.54) is 16.3 Å². The molecule has 1 aliphatic rings. The summed E-state index contributed by atoms with van der Waals surface area (Å²) in [6.45, 7) is 1.30. The van der Waals surface area contributed by atoms with Gasteiger partial charge in [0.25, 0.3) is 5.56 Å². The van der Waals surface area contributed by atoms with Gasteiger partial charge in [-0.15, -0.1) is 0 Å². The number of carbonyl (C=O) groups excluding carboxylic acids is 1. The van der Waals surface area contributed by atoms with Crippen LogP contribution in [0.4, 0.5) is 0 Å². The molecule has 1 aliphatic heterocycles. The number of carbonyl (C=O) groups is 1. The summed E-state index contributed by atoms with van der Waals surface area (Å²) >= 11 is 1.26. The standard InChI is InChI=1S/C18H20N4O3S/c1-22-17(24)16-15(12-6-2-3-7-13(12)20-16)21-18(22)26-10-14(23)19-9-11-5-4-8-25-11/h2-3,6-7,11,20H,4-5,8-10H2,1H3,(H,19,23). The van der Waals surface area contributed by atoms with Gasteiger partial charge in [0.1, 0.15) is 11.0 Å². The maximum Gasteiger partial charge on any atom is 0.278 e. The third-order valence-electron chi connectivity index (χ3n) is 4.57. The van der Waals surface area contributed by atoms with Crippen molar-refractivity contribution in [3.63, 3.8) is 0 Å². The Hall–Kier alpha value is -2.32. The van der Waals surface area contributed by atoms with Crippen LogP contribution in [-0.4, -0.2) is 45.5 Å². The van der Waals surface area contributed by atoms with Gasteiger partial charge in [0, 0.05) is 31.1 Å². The largest absolute Gasteiger partial charge is 0.376 e. The minimum Gasteiger partial charge on any atom is -0.376 e. The first-order chi connectivity index (χ1) is 12.6. The molecule has 3 heterocycles. The quantitative estimate of drug-likeness (QED) is 0.527. The van der Waals surface area contributed by atoms with Gasteiger partial charge in [-0.3, -0.25) is 14.2 Å². The van der Waals surface area contributed by atoms with Crippen LogP contribution in [0.15, 0.2) is 34.2 Å². The molecule has 0 bridgehead atoms. The van der Waals surface area contributed by atoms with Crippen LogP contribution in [-0.2, 0) is 16.6 Å². The van der Waals surface area contributed by atoms with Gasteiger partial charge in [-0.2, -0.15) is 0 Å². The summed E-state index contributed by atoms with van der Waals surface area (Å²) in [4.78, 5) is 32.5. The maximum atomic E-state index is 12.6. The lowest BCUT2D eigenvalue weighted by atomic mass is 10.2. The molecule has 1 amide bonds. The molecule has 1 aromatic carbocycles. The molecule has 3 aromatic rings. The number of ether oxygens (including phenoxy) is 1. The van der Waals surface area contributed by atoms with E-state index in [4.69, 9.17) is 4.74 Å². The van der Waals surface area contributed by atoms with Crippen LogP contribution in [0.1, 0.15) is 12.8 Å². The summed E-state index contributed by atoms with van der Waals surface area (Å²) in [6.07, 6.45) is 2.15. The summed E-state index contributed by atoms with van der Waals surface area (Å²) in [5.41, 5.74) is 1.86. The summed E-state index contributed by atoms with van der Waals surface area (Å²) in [7, 11) is 1.67. The first-order valence-electron chi connectivity index (χ1n) is 8.62. The molecule has 136 valence electrons. The van der Waals surface area contributed by atoms with Crippen LogP contribution in [0.2, 0.25) is 0 Å². The molecule has 0 spiro atoms. The first kappa shape index (κ1) is 17.1. The van der Waals surface area contributed by atoms with Gasteiger partial charge in [-0.25, -0.2) is 4.98 Å². The van der Waals surface area contributed by atoms with Crippen molar-refractivity contribution in [2.24, 2.45) is 7.05 Å². The Morgan fingerprint density at radius 3 is 3.12 bits per heavy atom. The number of thioether (sulfide) groups is 1. The molecule has 2 N–H and O–H groups in total. The van der Waals surface area contributed by atoms with Gasteiger partial charge in [-0.1, -0.05) is 30.0 Å². The van der Waals surface area contributed by atoms with Gasteiger partial charge < -0.3 is 15.0 Å². The highest BCUT2D eigenvalue weighted by molar-refractivity contribution is 7.99. The van der Waals surface area contributed by atoms with Gasteiger partial charge in [0.15, 0.2) is 5.16 Å². The monoisotopic (exact) mass is 372 g/mol. The van der Waals surface area contributed by atoms with Crippen molar-refractivity contribution < 1.29 is 9.53 Å². The number of amides is 1. The van der Waals surface area contributed by atoms with Crippen molar-refractivity contribution >= 4 is 39.6 Å². The van der Waals surface area contributed by atoms with Crippen LogP contribution in [0, 0.1) is 0 Å². The van der Waals surface area contributed by atoms with Crippen LogP contribution >= 0.6 is 11.8 Å². The van der Waals surface area contributed by atoms with Crippen LogP contribution in [0.25, 0.3) is 21.9 Å². The number of benzene rings is 1. The third kappa shape index (κ3) is 3.22. The Morgan fingerprint density at radius 1 is 1.46 bits per heavy atom. The zero-order chi connectivity index (χ0) is 18.1. The lowest BCUT2D eigenvalue weighted by Gasteiger charge is -2.11. The fourth-order valence-electron chi connectivity index (χ4n) is 3.17. The lowest BCUT2D eigenvalue weighted by Crippen LogP contribution is -2.33. The second kappa shape index (κ2) is 7.13. The van der Waals surface area contributed by atoms with E-state index in [0.717, 1.165) is 30.4 Å². The van der Waals surface area contributed by atoms with E-state index < -0.39 is 0 Å². The average molecular weight is 372 g/mol. The molecule has 1 unspecified atom stereocenters. The highest BCUT2D eigenvalue weighted by Crippen LogP contribution is 2.24. The number of aromatic amines is 1. The van der Waals surface area contributed by atoms with E-state index in [9.17, 15) is 9.59 Å². The van der Waals surface area contributed by atoms with E-state index in [1.54, 1.807) is 7.05 Å². The number of nitrogens with one attached hydrogen (secondary N) is 2. The number of H-pyrrole nitrogens is 1. The summed E-state index contributed by atoms with van der Waals surface area (Å²) < 4.78 is 6.98. The molecule has 1 saturated heterocycles. The van der Waals surface area contributed by atoms with E-state index >= 15 is 0 Å². The van der Waals surface area contributed by atoms with Gasteiger partial charge >= 0.3 is 0 Å². The number of hydrogen-bond donors (Lipinski definition) is 2. The Labute approximate surface area is 154 Å². The zero-order valence-electron chi connectivity index (χ0n) is 14.4. The van der Waals surface area contributed by atoms with E-state index in [-0.39, 0.29) is 23.3 Å². The summed E-state index contributed by atoms with van der Waals surface area (Å²) in [5.74, 6) is 0.125. The Bertz CT molecular complexity index is 1020. The van der Waals surface area contributed by atoms with Crippen molar-refractivity contribution in [3.8, 4) is 0 Å². The topological polar surface area (TPSA) is 89.0 Å². The van der Waals surface area contributed by atoms with Crippen molar-refractivity contribution in [1.82, 2.24) is 19.9 Å². The zero-order valence-corrected chi connectivity index (χ0v) is 15.3. The first-order valence-corrected chi connectivity index (χ1v) is 9.60. The van der Waals surface area contributed by atoms with Gasteiger partial charge in [-0.05, 0) is 18.9 Å². The highest BCUT2D eigenvalue weighted by Gasteiger charge is 2.17. The number of rotatable bonds is 5. The fourth-order valence-corrected chi connectivity index (χ4v) is 3.96. The van der Waals surface area contributed by atoms with E-state index in [2.05, 4.69) is 15.3 Å². The normalized spacial score (nSPS) is 17.2. The highest BCUT2D eigenvalue weighted by atomic mass is 32.2. The van der Waals surface area contributed by atoms with E-state index in [1.807, 2.05) is 24.3 Å². The van der Waals surface area contributed by atoms with Crippen molar-refractivity contribution in [2.45, 2.75) is 24.1 Å². The SMILES string of the molecule is Cn1c(SCC(=O)NCC2CCCO2)nc2c([nH]c3ccccc32)c1=O. The molecule has 0 aliphatic carbocycles. The van der Waals surface area contributed by atoms with Crippen LogP contribution < -0.4 is 10.9 Å². The molecule has 26 heavy (non-hydrogen) atoms. The molecule has 7 nitrogen and oxygen atoms in total. The number of para-hydroxylation sites is 1. The van der Waals surface area contributed by atoms with Crippen molar-refractivity contribution in [2.75, 3.05) is 18.9 Å². The minimum absolute atomic E-state index is 0.0845. The predicted octanol–water partition coefficient (Wildman–Crippen LogP) is 1.80. The van der Waals surface area contributed by atoms with E-state index in [0.29, 0.717) is 22.7 Å². The van der Waals surface area contributed by atoms with Gasteiger partial charge in [0.05, 0.1) is 11.9 Å². The Balaban J connectivity index is 1.52. The molecule has 4 rings (SSSR count). The molecular weight excluding hydrogens is 352 g/mol. The molecule has 1 atom stereocenters. The number of fused-ring (bicyclic) bond motifs is 3. The minimum atomic E-state index is -0.145. The Kier molecular flexibility index (Phi) is 4.69. The van der Waals surface area contributed by atoms with Gasteiger partial charge in [0.2, 0.25) is 5.91 Å². The second-order valence-corrected chi connectivity index (χ2v) is 7.32. The molecule has 8 heteroatoms. The number of hydrogen-bond acceptors (Lipinski definition) is 5. The maximum absolute atomic E-state index is 12.6. The fraction of sp³-hybridized carbons (Fsp3) is 0.389. The van der Waals surface area contributed by atoms with Crippen molar-refractivity contribution in [1.29, 1.82) is 0 Å². The average Bonchev–Trinajstić information content (AvgIpc) is 3.29. The second-order valence-electron chi connectivity index (χ2n) is 6.38. The predicted molar refractivity (Wildman–Crippen MR) is 102 cm³/mol. The number of aromatic nitrogens is 3. The van der Waals surface area contributed by atoms with Crippen molar-refractivity contribution in [3.05, 3.63) is 34.6 Å². The van der Waals surface area contributed by atoms with Crippen LogP contribution in [0.3, 0.4) is 0 Å². The molecule has 1 fully saturated rings. The Morgan fingerprint density at radius 2 is 2.31 bits per heavy atom. The summed E-state index contributed by atoms with van der Waals surface area (Å²) in [6, 6.07) is 7.68. The molecule has 0 saturated carbocycles. The number of nitrogens with zero attached hydrogens (tertiary/aromatic N) is 2. The van der Waals surface area contributed by atoms with Crippen LogP contribution in [0.5, 0.6) is 0 Å². The lowest BCUT2D eigenvalue weighted by molar-refractivity contribution is -0.119. The summed E-state index contributed by atoms with van der Waals surface area (Å²) in [5, 5.41) is 4.32. The smallest absolute Gasteiger partial charge is 0.278 e. The molecule has 0 radical (unpaired) electrons.